The highest BCUT2D eigenvalue weighted by Gasteiger charge is 2.13. The van der Waals surface area contributed by atoms with Gasteiger partial charge in [0.05, 0.1) is 21.1 Å². The Morgan fingerprint density at radius 2 is 2.21 bits per heavy atom. The molecule has 0 saturated heterocycles. The minimum absolute atomic E-state index is 0.216. The van der Waals surface area contributed by atoms with Crippen LogP contribution in [0.2, 0.25) is 0 Å². The van der Waals surface area contributed by atoms with Crippen molar-refractivity contribution in [1.82, 2.24) is 14.5 Å². The zero-order valence-electron chi connectivity index (χ0n) is 15.0. The second-order valence-electron chi connectivity index (χ2n) is 6.29. The molecular formula is C20H16N4O2S2. The Morgan fingerprint density at radius 3 is 2.96 bits per heavy atom. The largest absolute Gasteiger partial charge is 0.332 e. The molecule has 140 valence electrons. The number of para-hydroxylation sites is 1. The van der Waals surface area contributed by atoms with Gasteiger partial charge in [0, 0.05) is 12.1 Å². The zero-order valence-corrected chi connectivity index (χ0v) is 16.6. The van der Waals surface area contributed by atoms with Gasteiger partial charge in [-0.1, -0.05) is 29.5 Å². The molecule has 0 bridgehead atoms. The van der Waals surface area contributed by atoms with Crippen LogP contribution in [0.3, 0.4) is 0 Å². The molecule has 0 radical (unpaired) electrons. The number of hydrogen-bond acceptors (Lipinski definition) is 5. The molecule has 2 N–H and O–H groups in total. The maximum atomic E-state index is 12.7. The molecule has 0 atom stereocenters. The first kappa shape index (κ1) is 18.3. The number of carbonyl (C=O) groups excluding carboxylic acids is 1. The number of carbonyl (C=O) groups is 1. The van der Waals surface area contributed by atoms with Crippen LogP contribution in [0.1, 0.15) is 15.9 Å². The molecular weight excluding hydrogens is 392 g/mol. The Morgan fingerprint density at radius 1 is 1.39 bits per heavy atom. The zero-order chi connectivity index (χ0) is 19.8. The van der Waals surface area contributed by atoms with Crippen molar-refractivity contribution in [2.24, 2.45) is 0 Å². The number of benzene rings is 2. The summed E-state index contributed by atoms with van der Waals surface area (Å²) in [6, 6.07) is 10.8. The average Bonchev–Trinajstić information content (AvgIpc) is 3.08. The molecule has 28 heavy (non-hydrogen) atoms. The molecule has 4 aromatic rings. The molecule has 8 heteroatoms. The van der Waals surface area contributed by atoms with E-state index in [0.29, 0.717) is 28.1 Å². The number of aromatic nitrogens is 3. The third-order valence-electron chi connectivity index (χ3n) is 4.40. The van der Waals surface area contributed by atoms with Crippen molar-refractivity contribution in [3.8, 4) is 0 Å². The van der Waals surface area contributed by atoms with Crippen molar-refractivity contribution < 1.29 is 4.79 Å². The Kier molecular flexibility index (Phi) is 4.66. The number of H-pyrrole nitrogens is 1. The lowest BCUT2D eigenvalue weighted by Gasteiger charge is -2.07. The van der Waals surface area contributed by atoms with Crippen molar-refractivity contribution in [3.63, 3.8) is 0 Å². The van der Waals surface area contributed by atoms with Crippen molar-refractivity contribution in [3.05, 3.63) is 75.3 Å². The summed E-state index contributed by atoms with van der Waals surface area (Å²) in [5, 5.41) is 3.82. The summed E-state index contributed by atoms with van der Waals surface area (Å²) >= 11 is 6.67. The first-order chi connectivity index (χ1) is 13.5. The number of thiazole rings is 1. The Labute approximate surface area is 169 Å². The lowest BCUT2D eigenvalue weighted by Crippen LogP contribution is -2.22. The average molecular weight is 409 g/mol. The van der Waals surface area contributed by atoms with Crippen LogP contribution < -0.4 is 10.9 Å². The van der Waals surface area contributed by atoms with Crippen LogP contribution >= 0.6 is 23.6 Å². The number of nitrogens with one attached hydrogen (secondary N) is 2. The third-order valence-corrected chi connectivity index (χ3v) is 5.66. The summed E-state index contributed by atoms with van der Waals surface area (Å²) in [5.74, 6) is -0.298. The summed E-state index contributed by atoms with van der Waals surface area (Å²) in [5.41, 5.74) is 2.65. The van der Waals surface area contributed by atoms with Crippen molar-refractivity contribution >= 4 is 55.7 Å². The van der Waals surface area contributed by atoms with Gasteiger partial charge in [0.15, 0.2) is 9.90 Å². The van der Waals surface area contributed by atoms with Crippen LogP contribution in [0.5, 0.6) is 0 Å². The molecule has 6 nitrogen and oxygen atoms in total. The fraction of sp³-hybridized carbons (Fsp3) is 0.100. The van der Waals surface area contributed by atoms with E-state index in [0.717, 1.165) is 15.8 Å². The molecule has 0 saturated carbocycles. The van der Waals surface area contributed by atoms with Gasteiger partial charge in [-0.2, -0.15) is 0 Å². The first-order valence-corrected chi connectivity index (χ1v) is 9.75. The third kappa shape index (κ3) is 3.17. The van der Waals surface area contributed by atoms with E-state index in [1.54, 1.807) is 24.3 Å². The van der Waals surface area contributed by atoms with Crippen LogP contribution in [0.15, 0.2) is 53.8 Å². The molecule has 0 unspecified atom stereocenters. The molecule has 0 aliphatic heterocycles. The van der Waals surface area contributed by atoms with Gasteiger partial charge in [0.2, 0.25) is 0 Å². The monoisotopic (exact) mass is 408 g/mol. The summed E-state index contributed by atoms with van der Waals surface area (Å²) in [6.45, 7) is 5.95. The standard InChI is InChI=1S/C20H16N4O2S2/c1-3-9-24-18(26)13-8-7-12(10-14(13)21-20(24)27)17(25)23-19-22-16-11(2)5-4-6-15(16)28-19/h3-8,10H,1,9H2,2H3,(H,21,27)(H,22,23,25). The number of allylic oxidation sites excluding steroid dienone is 1. The minimum atomic E-state index is -0.298. The predicted octanol–water partition coefficient (Wildman–Crippen LogP) is 4.42. The van der Waals surface area contributed by atoms with Crippen molar-refractivity contribution in [1.29, 1.82) is 0 Å². The van der Waals surface area contributed by atoms with Crippen LogP contribution in [0.25, 0.3) is 21.1 Å². The van der Waals surface area contributed by atoms with Crippen molar-refractivity contribution in [2.75, 3.05) is 5.32 Å². The Bertz CT molecular complexity index is 1360. The van der Waals surface area contributed by atoms with Gasteiger partial charge in [-0.25, -0.2) is 4.98 Å². The van der Waals surface area contributed by atoms with Gasteiger partial charge < -0.3 is 4.98 Å². The number of nitrogens with zero attached hydrogens (tertiary/aromatic N) is 2. The molecule has 2 heterocycles. The van der Waals surface area contributed by atoms with E-state index in [9.17, 15) is 9.59 Å². The molecule has 0 aliphatic rings. The Hall–Kier alpha value is -3.10. The lowest BCUT2D eigenvalue weighted by molar-refractivity contribution is 0.102. The fourth-order valence-corrected chi connectivity index (χ4v) is 4.21. The summed E-state index contributed by atoms with van der Waals surface area (Å²) in [4.78, 5) is 32.7. The van der Waals surface area contributed by atoms with E-state index in [2.05, 4.69) is 21.9 Å². The van der Waals surface area contributed by atoms with Gasteiger partial charge in [0.25, 0.3) is 11.5 Å². The molecule has 0 spiro atoms. The lowest BCUT2D eigenvalue weighted by atomic mass is 10.1. The van der Waals surface area contributed by atoms with Crippen LogP contribution in [0, 0.1) is 11.7 Å². The highest BCUT2D eigenvalue weighted by molar-refractivity contribution is 7.71. The van der Waals surface area contributed by atoms with E-state index >= 15 is 0 Å². The highest BCUT2D eigenvalue weighted by atomic mass is 32.1. The van der Waals surface area contributed by atoms with Crippen LogP contribution in [-0.2, 0) is 6.54 Å². The molecule has 1 amide bonds. The van der Waals surface area contributed by atoms with Gasteiger partial charge >= 0.3 is 0 Å². The molecule has 0 aliphatic carbocycles. The molecule has 2 aromatic carbocycles. The second kappa shape index (κ2) is 7.14. The topological polar surface area (TPSA) is 79.8 Å². The minimum Gasteiger partial charge on any atom is -0.332 e. The highest BCUT2D eigenvalue weighted by Crippen LogP contribution is 2.28. The number of anilines is 1. The van der Waals surface area contributed by atoms with Crippen LogP contribution in [0.4, 0.5) is 5.13 Å². The summed E-state index contributed by atoms with van der Waals surface area (Å²) < 4.78 is 2.73. The van der Waals surface area contributed by atoms with Gasteiger partial charge in [0.1, 0.15) is 0 Å². The Balaban J connectivity index is 1.70. The normalized spacial score (nSPS) is 11.0. The summed E-state index contributed by atoms with van der Waals surface area (Å²) in [7, 11) is 0. The molecule has 4 rings (SSSR count). The summed E-state index contributed by atoms with van der Waals surface area (Å²) in [6.07, 6.45) is 1.61. The number of rotatable bonds is 4. The van der Waals surface area contributed by atoms with Gasteiger partial charge in [-0.15, -0.1) is 6.58 Å². The maximum absolute atomic E-state index is 12.7. The van der Waals surface area contributed by atoms with E-state index < -0.39 is 0 Å². The van der Waals surface area contributed by atoms with E-state index in [1.165, 1.54) is 15.9 Å². The first-order valence-electron chi connectivity index (χ1n) is 8.53. The number of fused-ring (bicyclic) bond motifs is 2. The number of aryl methyl sites for hydroxylation is 1. The van der Waals surface area contributed by atoms with Gasteiger partial charge in [-0.3, -0.25) is 19.5 Å². The number of hydrogen-bond donors (Lipinski definition) is 2. The molecule has 0 fully saturated rings. The van der Waals surface area contributed by atoms with E-state index in [-0.39, 0.29) is 16.2 Å². The van der Waals surface area contributed by atoms with Crippen LogP contribution in [-0.4, -0.2) is 20.4 Å². The van der Waals surface area contributed by atoms with E-state index in [4.69, 9.17) is 12.2 Å². The molecule has 2 aromatic heterocycles. The van der Waals surface area contributed by atoms with Gasteiger partial charge in [-0.05, 0) is 49.0 Å². The fourth-order valence-electron chi connectivity index (χ4n) is 3.00. The quantitative estimate of drug-likeness (QED) is 0.387. The smallest absolute Gasteiger partial charge is 0.262 e. The number of aromatic amines is 1. The predicted molar refractivity (Wildman–Crippen MR) is 116 cm³/mol. The second-order valence-corrected chi connectivity index (χ2v) is 7.71. The maximum Gasteiger partial charge on any atom is 0.262 e. The SMILES string of the molecule is C=CCn1c(=S)[nH]c2cc(C(=O)Nc3nc4c(C)cccc4s3)ccc2c1=O. The van der Waals surface area contributed by atoms with E-state index in [1.807, 2.05) is 25.1 Å². The number of amides is 1. The van der Waals surface area contributed by atoms with Crippen molar-refractivity contribution in [2.45, 2.75) is 13.5 Å².